The number of hydrogen-bond donors (Lipinski definition) is 8. The molecule has 0 spiro atoms. The molecule has 1 fully saturated rings. The van der Waals surface area contributed by atoms with Crippen molar-refractivity contribution in [1.29, 1.82) is 0 Å². The molecule has 16 nitrogen and oxygen atoms in total. The molecule has 0 aromatic heterocycles. The van der Waals surface area contributed by atoms with E-state index in [1.165, 1.54) is 6.92 Å². The van der Waals surface area contributed by atoms with Crippen LogP contribution in [0.3, 0.4) is 0 Å². The highest BCUT2D eigenvalue weighted by molar-refractivity contribution is 5.91. The minimum atomic E-state index is -1.60. The van der Waals surface area contributed by atoms with Crippen LogP contribution in [0.2, 0.25) is 0 Å². The minimum Gasteiger partial charge on any atom is -0.481 e. The SMILES string of the molecule is C[C@@H](C(=O)N[C@H](CCC(=O)O)C(N)=O)N(C(=O)CO)C1O[C@H](CO)[C@@H](O)[C@H](OCC(=O)O)[C@H]1N. The van der Waals surface area contributed by atoms with E-state index < -0.39 is 98.6 Å². The Labute approximate surface area is 193 Å². The third-order valence-electron chi connectivity index (χ3n) is 5.12. The number of rotatable bonds is 13. The van der Waals surface area contributed by atoms with Crippen molar-refractivity contribution >= 4 is 29.7 Å². The number of carboxylic acids is 2. The number of carboxylic acid groups (broad SMARTS) is 2. The number of nitrogens with zero attached hydrogens (tertiary/aromatic N) is 1. The summed E-state index contributed by atoms with van der Waals surface area (Å²) in [7, 11) is 0. The lowest BCUT2D eigenvalue weighted by Gasteiger charge is -2.47. The van der Waals surface area contributed by atoms with Crippen molar-refractivity contribution in [2.24, 2.45) is 11.5 Å². The molecule has 0 saturated carbocycles. The summed E-state index contributed by atoms with van der Waals surface area (Å²) in [5.74, 6) is -5.72. The van der Waals surface area contributed by atoms with Gasteiger partial charge in [0.15, 0.2) is 6.23 Å². The van der Waals surface area contributed by atoms with Gasteiger partial charge in [0.25, 0.3) is 5.91 Å². The Morgan fingerprint density at radius 1 is 1.15 bits per heavy atom. The van der Waals surface area contributed by atoms with Gasteiger partial charge in [-0.2, -0.15) is 0 Å². The molecule has 0 aliphatic carbocycles. The van der Waals surface area contributed by atoms with Gasteiger partial charge in [-0.25, -0.2) is 4.79 Å². The van der Waals surface area contributed by atoms with E-state index in [0.29, 0.717) is 4.90 Å². The van der Waals surface area contributed by atoms with E-state index in [9.17, 15) is 39.3 Å². The summed E-state index contributed by atoms with van der Waals surface area (Å²) in [6.45, 7) is -1.61. The van der Waals surface area contributed by atoms with Gasteiger partial charge in [0.1, 0.15) is 43.6 Å². The van der Waals surface area contributed by atoms with E-state index in [2.05, 4.69) is 5.32 Å². The Bertz CT molecular complexity index is 765. The van der Waals surface area contributed by atoms with Crippen LogP contribution in [0, 0.1) is 0 Å². The summed E-state index contributed by atoms with van der Waals surface area (Å²) in [6.07, 6.45) is -6.86. The summed E-state index contributed by atoms with van der Waals surface area (Å²) in [4.78, 5) is 59.2. The highest BCUT2D eigenvalue weighted by Gasteiger charge is 2.49. The predicted octanol–water partition coefficient (Wildman–Crippen LogP) is -5.09. The van der Waals surface area contributed by atoms with Gasteiger partial charge in [-0.1, -0.05) is 0 Å². The number of ether oxygens (including phenoxy) is 2. The normalized spacial score (nSPS) is 26.2. The van der Waals surface area contributed by atoms with Gasteiger partial charge in [0.05, 0.1) is 12.6 Å². The van der Waals surface area contributed by atoms with E-state index in [-0.39, 0.29) is 6.42 Å². The third-order valence-corrected chi connectivity index (χ3v) is 5.12. The van der Waals surface area contributed by atoms with Crippen LogP contribution in [0.5, 0.6) is 0 Å². The van der Waals surface area contributed by atoms with Crippen LogP contribution >= 0.6 is 0 Å². The second-order valence-corrected chi connectivity index (χ2v) is 7.52. The fourth-order valence-corrected chi connectivity index (χ4v) is 3.36. The second-order valence-electron chi connectivity index (χ2n) is 7.52. The molecule has 1 aliphatic rings. The number of carbonyl (C=O) groups is 5. The zero-order chi connectivity index (χ0) is 26.2. The Morgan fingerprint density at radius 3 is 2.24 bits per heavy atom. The Morgan fingerprint density at radius 2 is 1.76 bits per heavy atom. The average molecular weight is 494 g/mol. The molecular formula is C18H30N4O12. The maximum Gasteiger partial charge on any atom is 0.329 e. The highest BCUT2D eigenvalue weighted by Crippen LogP contribution is 2.26. The van der Waals surface area contributed by atoms with E-state index in [1.54, 1.807) is 0 Å². The van der Waals surface area contributed by atoms with Crippen molar-refractivity contribution in [3.05, 3.63) is 0 Å². The fourth-order valence-electron chi connectivity index (χ4n) is 3.36. The average Bonchev–Trinajstić information content (AvgIpc) is 2.76. The second kappa shape index (κ2) is 13.1. The molecular weight excluding hydrogens is 464 g/mol. The van der Waals surface area contributed by atoms with E-state index in [1.807, 2.05) is 0 Å². The summed E-state index contributed by atoms with van der Waals surface area (Å²) < 4.78 is 10.6. The Hall–Kier alpha value is -2.89. The van der Waals surface area contributed by atoms with Crippen LogP contribution in [0.1, 0.15) is 19.8 Å². The van der Waals surface area contributed by atoms with Crippen LogP contribution in [-0.2, 0) is 33.4 Å². The molecule has 0 aromatic rings. The molecule has 1 heterocycles. The number of nitrogens with two attached hydrogens (primary N) is 2. The van der Waals surface area contributed by atoms with Crippen molar-refractivity contribution in [3.8, 4) is 0 Å². The first-order valence-electron chi connectivity index (χ1n) is 10.1. The quantitative estimate of drug-likeness (QED) is 0.119. The lowest BCUT2D eigenvalue weighted by molar-refractivity contribution is -0.240. The molecule has 7 atom stereocenters. The lowest BCUT2D eigenvalue weighted by atomic mass is 9.95. The topological polar surface area (TPSA) is 272 Å². The van der Waals surface area contributed by atoms with Crippen molar-refractivity contribution in [3.63, 3.8) is 0 Å². The first-order chi connectivity index (χ1) is 15.8. The van der Waals surface area contributed by atoms with Crippen LogP contribution in [0.15, 0.2) is 0 Å². The molecule has 1 rings (SSSR count). The Kier molecular flexibility index (Phi) is 11.2. The molecule has 16 heteroatoms. The number of amides is 3. The van der Waals surface area contributed by atoms with E-state index in [0.717, 1.165) is 0 Å². The minimum absolute atomic E-state index is 0.333. The third kappa shape index (κ3) is 7.57. The zero-order valence-corrected chi connectivity index (χ0v) is 18.3. The number of primary amides is 1. The molecule has 1 aliphatic heterocycles. The lowest BCUT2D eigenvalue weighted by Crippen LogP contribution is -2.70. The molecule has 0 bridgehead atoms. The van der Waals surface area contributed by atoms with Crippen molar-refractivity contribution < 1.29 is 59.0 Å². The van der Waals surface area contributed by atoms with Gasteiger partial charge in [-0.3, -0.25) is 19.2 Å². The van der Waals surface area contributed by atoms with Crippen LogP contribution < -0.4 is 16.8 Å². The molecule has 0 radical (unpaired) electrons. The molecule has 0 aromatic carbocycles. The van der Waals surface area contributed by atoms with Gasteiger partial charge in [-0.15, -0.1) is 0 Å². The van der Waals surface area contributed by atoms with Gasteiger partial charge in [0, 0.05) is 6.42 Å². The summed E-state index contributed by atoms with van der Waals surface area (Å²) in [6, 6.07) is -4.32. The van der Waals surface area contributed by atoms with Gasteiger partial charge in [0.2, 0.25) is 11.8 Å². The van der Waals surface area contributed by atoms with Gasteiger partial charge < -0.3 is 56.7 Å². The van der Waals surface area contributed by atoms with Gasteiger partial charge in [-0.05, 0) is 13.3 Å². The standard InChI is InChI=1S/C18H30N4O12/c1-7(17(32)21-8(16(20)31)2-3-11(26)27)22(10(25)5-24)18-13(19)15(33-6-12(28)29)14(30)9(4-23)34-18/h7-9,13-15,18,23-24,30H,2-6,19H2,1H3,(H2,20,31)(H,21,32)(H,26,27)(H,28,29)/t7-,8+,9+,13+,14+,15+,18?/m0/s1. The molecule has 3 amide bonds. The number of hydrogen-bond acceptors (Lipinski definition) is 11. The maximum absolute atomic E-state index is 12.8. The van der Waals surface area contributed by atoms with Crippen molar-refractivity contribution in [2.75, 3.05) is 19.8 Å². The van der Waals surface area contributed by atoms with Crippen LogP contribution in [0.4, 0.5) is 0 Å². The fraction of sp³-hybridized carbons (Fsp3) is 0.722. The molecule has 1 saturated heterocycles. The largest absolute Gasteiger partial charge is 0.481 e. The van der Waals surface area contributed by atoms with Crippen LogP contribution in [-0.4, -0.2) is 123 Å². The summed E-state index contributed by atoms with van der Waals surface area (Å²) >= 11 is 0. The first-order valence-corrected chi connectivity index (χ1v) is 10.1. The van der Waals surface area contributed by atoms with Gasteiger partial charge >= 0.3 is 11.9 Å². The summed E-state index contributed by atoms with van der Waals surface area (Å²) in [5, 5.41) is 49.1. The first kappa shape index (κ1) is 29.1. The van der Waals surface area contributed by atoms with Crippen molar-refractivity contribution in [1.82, 2.24) is 10.2 Å². The monoisotopic (exact) mass is 494 g/mol. The Balaban J connectivity index is 3.20. The number of carbonyl (C=O) groups excluding carboxylic acids is 3. The number of nitrogens with one attached hydrogen (secondary N) is 1. The smallest absolute Gasteiger partial charge is 0.329 e. The highest BCUT2D eigenvalue weighted by atomic mass is 16.6. The number of aliphatic hydroxyl groups is 3. The van der Waals surface area contributed by atoms with Crippen LogP contribution in [0.25, 0.3) is 0 Å². The number of aliphatic hydroxyl groups excluding tert-OH is 3. The molecule has 34 heavy (non-hydrogen) atoms. The van der Waals surface area contributed by atoms with E-state index in [4.69, 9.17) is 31.2 Å². The molecule has 194 valence electrons. The molecule has 10 N–H and O–H groups in total. The predicted molar refractivity (Wildman–Crippen MR) is 108 cm³/mol. The number of aliphatic carboxylic acids is 2. The van der Waals surface area contributed by atoms with Crippen molar-refractivity contribution in [2.45, 2.75) is 62.4 Å². The zero-order valence-electron chi connectivity index (χ0n) is 18.3. The van der Waals surface area contributed by atoms with E-state index >= 15 is 0 Å². The maximum atomic E-state index is 12.8. The summed E-state index contributed by atoms with van der Waals surface area (Å²) in [5.41, 5.74) is 11.2. The molecule has 1 unspecified atom stereocenters.